The molecule has 1 N–H and O–H groups in total. The smallest absolute Gasteiger partial charge is 0.353 e. The van der Waals surface area contributed by atoms with Crippen molar-refractivity contribution < 1.29 is 26.4 Å². The Kier molecular flexibility index (Phi) is 7.35. The second-order valence-corrected chi connectivity index (χ2v) is 9.04. The molecule has 0 bridgehead atoms. The minimum Gasteiger partial charge on any atom is -0.353 e. The van der Waals surface area contributed by atoms with Crippen LogP contribution in [-0.2, 0) is 21.0 Å². The summed E-state index contributed by atoms with van der Waals surface area (Å²) in [6.45, 7) is 4.45. The van der Waals surface area contributed by atoms with Gasteiger partial charge in [0, 0.05) is 37.2 Å². The van der Waals surface area contributed by atoms with Crippen LogP contribution in [0, 0.1) is 0 Å². The van der Waals surface area contributed by atoms with Crippen molar-refractivity contribution >= 4 is 27.5 Å². The van der Waals surface area contributed by atoms with Gasteiger partial charge in [0.2, 0.25) is 15.9 Å². The monoisotopic (exact) mass is 441 g/mol. The Morgan fingerprint density at radius 1 is 1.25 bits per heavy atom. The minimum atomic E-state index is -4.84. The lowest BCUT2D eigenvalue weighted by molar-refractivity contribution is -0.140. The van der Waals surface area contributed by atoms with Crippen LogP contribution >= 0.6 is 11.6 Å². The summed E-state index contributed by atoms with van der Waals surface area (Å²) in [6, 6.07) is 2.66. The molecule has 0 radical (unpaired) electrons. The molecule has 28 heavy (non-hydrogen) atoms. The highest BCUT2D eigenvalue weighted by Gasteiger charge is 2.40. The van der Waals surface area contributed by atoms with Gasteiger partial charge in [-0.05, 0) is 31.5 Å². The second kappa shape index (κ2) is 8.98. The SMILES string of the molecule is CCC(C)NC(=O)CN1CCN(S(=O)(=O)c2ccc(Cl)cc2C(F)(F)F)CC1. The summed E-state index contributed by atoms with van der Waals surface area (Å²) in [5.74, 6) is -0.164. The van der Waals surface area contributed by atoms with Crippen LogP contribution in [0.3, 0.4) is 0 Å². The molecule has 2 rings (SSSR count). The highest BCUT2D eigenvalue weighted by atomic mass is 35.5. The first-order chi connectivity index (χ1) is 12.9. The fraction of sp³-hybridized carbons (Fsp3) is 0.588. The first kappa shape index (κ1) is 22.9. The van der Waals surface area contributed by atoms with Gasteiger partial charge in [-0.15, -0.1) is 0 Å². The summed E-state index contributed by atoms with van der Waals surface area (Å²) < 4.78 is 66.3. The Morgan fingerprint density at radius 3 is 2.39 bits per heavy atom. The highest BCUT2D eigenvalue weighted by molar-refractivity contribution is 7.89. The molecule has 1 fully saturated rings. The molecule has 0 aromatic heterocycles. The Morgan fingerprint density at radius 2 is 1.86 bits per heavy atom. The molecular weight excluding hydrogens is 419 g/mol. The molecule has 0 spiro atoms. The number of rotatable bonds is 6. The van der Waals surface area contributed by atoms with E-state index in [1.54, 1.807) is 4.90 Å². The second-order valence-electron chi connectivity index (χ2n) is 6.70. The summed E-state index contributed by atoms with van der Waals surface area (Å²) in [5.41, 5.74) is -1.28. The number of alkyl halides is 3. The average Bonchev–Trinajstić information content (AvgIpc) is 2.61. The van der Waals surface area contributed by atoms with E-state index < -0.39 is 26.7 Å². The number of nitrogens with zero attached hydrogens (tertiary/aromatic N) is 2. The van der Waals surface area contributed by atoms with Gasteiger partial charge in [0.1, 0.15) is 0 Å². The Hall–Kier alpha value is -1.36. The van der Waals surface area contributed by atoms with Gasteiger partial charge < -0.3 is 5.32 Å². The highest BCUT2D eigenvalue weighted by Crippen LogP contribution is 2.37. The third kappa shape index (κ3) is 5.59. The first-order valence-electron chi connectivity index (χ1n) is 8.83. The lowest BCUT2D eigenvalue weighted by Crippen LogP contribution is -2.51. The van der Waals surface area contributed by atoms with Crippen LogP contribution in [0.4, 0.5) is 13.2 Å². The van der Waals surface area contributed by atoms with E-state index in [1.165, 1.54) is 0 Å². The van der Waals surface area contributed by atoms with Crippen molar-refractivity contribution in [2.24, 2.45) is 0 Å². The van der Waals surface area contributed by atoms with Crippen molar-refractivity contribution in [2.45, 2.75) is 37.4 Å². The molecule has 1 amide bonds. The van der Waals surface area contributed by atoms with Crippen LogP contribution in [0.15, 0.2) is 23.1 Å². The number of piperazine rings is 1. The van der Waals surface area contributed by atoms with E-state index in [0.717, 1.165) is 22.9 Å². The molecule has 1 aromatic rings. The van der Waals surface area contributed by atoms with E-state index in [-0.39, 0.29) is 49.7 Å². The number of hydrogen-bond acceptors (Lipinski definition) is 4. The van der Waals surface area contributed by atoms with Crippen LogP contribution in [0.5, 0.6) is 0 Å². The molecule has 1 heterocycles. The molecule has 1 atom stereocenters. The molecule has 1 aliphatic heterocycles. The zero-order chi connectivity index (χ0) is 21.1. The van der Waals surface area contributed by atoms with Gasteiger partial charge >= 0.3 is 6.18 Å². The molecule has 1 unspecified atom stereocenters. The van der Waals surface area contributed by atoms with Crippen molar-refractivity contribution in [2.75, 3.05) is 32.7 Å². The van der Waals surface area contributed by atoms with E-state index in [4.69, 9.17) is 11.6 Å². The van der Waals surface area contributed by atoms with Crippen molar-refractivity contribution in [1.82, 2.24) is 14.5 Å². The summed E-state index contributed by atoms with van der Waals surface area (Å²) in [6.07, 6.45) is -4.05. The fourth-order valence-corrected chi connectivity index (χ4v) is 4.63. The van der Waals surface area contributed by atoms with Gasteiger partial charge in [-0.2, -0.15) is 17.5 Å². The van der Waals surface area contributed by atoms with Gasteiger partial charge in [-0.25, -0.2) is 8.42 Å². The van der Waals surface area contributed by atoms with E-state index in [2.05, 4.69) is 5.32 Å². The number of sulfonamides is 1. The topological polar surface area (TPSA) is 69.7 Å². The lowest BCUT2D eigenvalue weighted by atomic mass is 10.2. The van der Waals surface area contributed by atoms with Crippen LogP contribution in [-0.4, -0.2) is 62.3 Å². The maximum Gasteiger partial charge on any atom is 0.417 e. The molecule has 1 aliphatic rings. The third-order valence-electron chi connectivity index (χ3n) is 4.58. The van der Waals surface area contributed by atoms with Crippen molar-refractivity contribution in [1.29, 1.82) is 0 Å². The molecule has 6 nitrogen and oxygen atoms in total. The molecule has 0 saturated carbocycles. The average molecular weight is 442 g/mol. The number of nitrogens with one attached hydrogen (secondary N) is 1. The van der Waals surface area contributed by atoms with E-state index in [1.807, 2.05) is 13.8 Å². The number of halogens is 4. The standard InChI is InChI=1S/C17H23ClF3N3O3S/c1-3-12(2)22-16(25)11-23-6-8-24(9-7-23)28(26,27)15-5-4-13(18)10-14(15)17(19,20)21/h4-5,10,12H,3,6-9,11H2,1-2H3,(H,22,25). The Bertz CT molecular complexity index is 810. The number of benzene rings is 1. The van der Waals surface area contributed by atoms with Gasteiger partial charge in [0.05, 0.1) is 17.0 Å². The quantitative estimate of drug-likeness (QED) is 0.736. The fourth-order valence-electron chi connectivity index (χ4n) is 2.84. The number of amides is 1. The normalized spacial score (nSPS) is 18.1. The zero-order valence-electron chi connectivity index (χ0n) is 15.6. The maximum atomic E-state index is 13.3. The molecule has 1 saturated heterocycles. The molecular formula is C17H23ClF3N3O3S. The molecule has 11 heteroatoms. The molecule has 158 valence electrons. The van der Waals surface area contributed by atoms with Crippen molar-refractivity contribution in [3.63, 3.8) is 0 Å². The van der Waals surface area contributed by atoms with Gasteiger partial charge in [0.25, 0.3) is 0 Å². The molecule has 0 aliphatic carbocycles. The largest absolute Gasteiger partial charge is 0.417 e. The van der Waals surface area contributed by atoms with Crippen molar-refractivity contribution in [3.8, 4) is 0 Å². The Balaban J connectivity index is 2.09. The number of carbonyl (C=O) groups is 1. The Labute approximate surface area is 167 Å². The van der Waals surface area contributed by atoms with Crippen LogP contribution in [0.25, 0.3) is 0 Å². The minimum absolute atomic E-state index is 0.00112. The predicted octanol–water partition coefficient (Wildman–Crippen LogP) is 2.58. The predicted molar refractivity (Wildman–Crippen MR) is 99.5 cm³/mol. The van der Waals surface area contributed by atoms with Crippen LogP contribution in [0.1, 0.15) is 25.8 Å². The van der Waals surface area contributed by atoms with Gasteiger partial charge in [0.15, 0.2) is 0 Å². The van der Waals surface area contributed by atoms with E-state index in [9.17, 15) is 26.4 Å². The van der Waals surface area contributed by atoms with Crippen molar-refractivity contribution in [3.05, 3.63) is 28.8 Å². The maximum absolute atomic E-state index is 13.3. The lowest BCUT2D eigenvalue weighted by Gasteiger charge is -2.34. The van der Waals surface area contributed by atoms with Gasteiger partial charge in [-0.1, -0.05) is 18.5 Å². The summed E-state index contributed by atoms with van der Waals surface area (Å²) in [7, 11) is -4.34. The summed E-state index contributed by atoms with van der Waals surface area (Å²) in [4.78, 5) is 12.9. The summed E-state index contributed by atoms with van der Waals surface area (Å²) >= 11 is 5.62. The van der Waals surface area contributed by atoms with E-state index in [0.29, 0.717) is 6.07 Å². The third-order valence-corrected chi connectivity index (χ3v) is 6.77. The van der Waals surface area contributed by atoms with E-state index >= 15 is 0 Å². The van der Waals surface area contributed by atoms with Gasteiger partial charge in [-0.3, -0.25) is 9.69 Å². The first-order valence-corrected chi connectivity index (χ1v) is 10.7. The zero-order valence-corrected chi connectivity index (χ0v) is 17.2. The molecule has 1 aromatic carbocycles. The summed E-state index contributed by atoms with van der Waals surface area (Å²) in [5, 5.41) is 2.63. The number of hydrogen-bond donors (Lipinski definition) is 1. The van der Waals surface area contributed by atoms with Crippen LogP contribution in [0.2, 0.25) is 5.02 Å². The number of carbonyl (C=O) groups excluding carboxylic acids is 1. The van der Waals surface area contributed by atoms with Crippen LogP contribution < -0.4 is 5.32 Å².